The molecule has 1 saturated heterocycles. The van der Waals surface area contributed by atoms with Gasteiger partial charge in [-0.05, 0) is 31.4 Å². The minimum absolute atomic E-state index is 0.0367. The van der Waals surface area contributed by atoms with Crippen molar-refractivity contribution in [2.24, 2.45) is 0 Å². The maximum Gasteiger partial charge on any atom is 0.245 e. The van der Waals surface area contributed by atoms with E-state index in [-0.39, 0.29) is 11.9 Å². The Morgan fingerprint density at radius 2 is 2.19 bits per heavy atom. The van der Waals surface area contributed by atoms with Crippen LogP contribution in [0.1, 0.15) is 24.5 Å². The molecular weight excluding hydrogens is 292 g/mol. The van der Waals surface area contributed by atoms with E-state index in [1.165, 1.54) is 0 Å². The predicted molar refractivity (Wildman–Crippen MR) is 81.8 cm³/mol. The molecule has 1 unspecified atom stereocenters. The zero-order chi connectivity index (χ0) is 15.4. The smallest absolute Gasteiger partial charge is 0.245 e. The predicted octanol–water partition coefficient (Wildman–Crippen LogP) is 1.48. The number of ether oxygens (including phenoxy) is 1. The number of rotatable bonds is 4. The summed E-state index contributed by atoms with van der Waals surface area (Å²) in [4.78, 5) is 14.3. The van der Waals surface area contributed by atoms with Crippen LogP contribution in [0.3, 0.4) is 0 Å². The molecule has 116 valence electrons. The molecule has 7 heteroatoms. The lowest BCUT2D eigenvalue weighted by atomic mass is 10.1. The summed E-state index contributed by atoms with van der Waals surface area (Å²) >= 11 is 6.00. The Kier molecular flexibility index (Phi) is 5.36. The van der Waals surface area contributed by atoms with Crippen molar-refractivity contribution >= 4 is 23.3 Å². The molecule has 1 aromatic heterocycles. The number of nitrogens with one attached hydrogen (secondary N) is 1. The van der Waals surface area contributed by atoms with Gasteiger partial charge in [-0.3, -0.25) is 4.79 Å². The Balaban J connectivity index is 2.26. The number of nitrogens with zero attached hydrogens (tertiary/aromatic N) is 3. The van der Waals surface area contributed by atoms with Gasteiger partial charge in [0.2, 0.25) is 5.91 Å². The van der Waals surface area contributed by atoms with Gasteiger partial charge in [0.1, 0.15) is 6.04 Å². The van der Waals surface area contributed by atoms with Crippen molar-refractivity contribution < 1.29 is 9.53 Å². The molecule has 2 rings (SSSR count). The van der Waals surface area contributed by atoms with E-state index in [2.05, 4.69) is 15.5 Å². The summed E-state index contributed by atoms with van der Waals surface area (Å²) < 4.78 is 5.45. The number of hydrogen-bond acceptors (Lipinski definition) is 5. The summed E-state index contributed by atoms with van der Waals surface area (Å²) in [5.74, 6) is 0.669. The first kappa shape index (κ1) is 16.0. The number of carbonyl (C=O) groups excluding carboxylic acids is 1. The summed E-state index contributed by atoms with van der Waals surface area (Å²) in [5.41, 5.74) is 1.84. The van der Waals surface area contributed by atoms with E-state index in [1.54, 1.807) is 0 Å². The van der Waals surface area contributed by atoms with Crippen LogP contribution in [0.2, 0.25) is 5.15 Å². The van der Waals surface area contributed by atoms with Crippen molar-refractivity contribution in [3.05, 3.63) is 16.3 Å². The fourth-order valence-electron chi connectivity index (χ4n) is 2.28. The molecule has 21 heavy (non-hydrogen) atoms. The molecule has 0 bridgehead atoms. The third-order valence-electron chi connectivity index (χ3n) is 3.69. The van der Waals surface area contributed by atoms with Crippen LogP contribution in [-0.4, -0.2) is 48.4 Å². The summed E-state index contributed by atoms with van der Waals surface area (Å²) in [6.45, 7) is 8.07. The number of carbonyl (C=O) groups is 1. The number of halogens is 1. The van der Waals surface area contributed by atoms with Crippen LogP contribution >= 0.6 is 11.6 Å². The number of aromatic nitrogens is 2. The normalized spacial score (nSPS) is 18.7. The van der Waals surface area contributed by atoms with Gasteiger partial charge in [0.15, 0.2) is 11.0 Å². The molecule has 0 aliphatic carbocycles. The van der Waals surface area contributed by atoms with Crippen molar-refractivity contribution in [1.82, 2.24) is 15.5 Å². The van der Waals surface area contributed by atoms with Crippen molar-refractivity contribution in [2.75, 3.05) is 31.2 Å². The average molecular weight is 313 g/mol. The van der Waals surface area contributed by atoms with Crippen LogP contribution in [0.25, 0.3) is 0 Å². The molecule has 2 heterocycles. The summed E-state index contributed by atoms with van der Waals surface area (Å²) in [6, 6.07) is -0.376. The Bertz CT molecular complexity index is 524. The molecule has 0 radical (unpaired) electrons. The van der Waals surface area contributed by atoms with Gasteiger partial charge < -0.3 is 15.0 Å². The molecule has 6 nitrogen and oxygen atoms in total. The van der Waals surface area contributed by atoms with E-state index in [4.69, 9.17) is 16.3 Å². The summed E-state index contributed by atoms with van der Waals surface area (Å²) in [5, 5.41) is 11.5. The summed E-state index contributed by atoms with van der Waals surface area (Å²) in [6.07, 6.45) is 0.901. The molecule has 1 aromatic rings. The van der Waals surface area contributed by atoms with Crippen molar-refractivity contribution in [3.63, 3.8) is 0 Å². The van der Waals surface area contributed by atoms with Gasteiger partial charge >= 0.3 is 0 Å². The molecular formula is C14H21ClN4O2. The Morgan fingerprint density at radius 1 is 1.43 bits per heavy atom. The molecule has 1 amide bonds. The van der Waals surface area contributed by atoms with Gasteiger partial charge in [-0.2, -0.15) is 0 Å². The Morgan fingerprint density at radius 3 is 2.90 bits per heavy atom. The standard InChI is InChI=1S/C14H21ClN4O2/c1-4-5-16-14(20)11-8-21-7-6-19(11)13-10(3)9(2)12(15)17-18-13/h11H,4-8H2,1-3H3,(H,16,20). The highest BCUT2D eigenvalue weighted by Crippen LogP contribution is 2.26. The van der Waals surface area contributed by atoms with Crippen LogP contribution in [0.15, 0.2) is 0 Å². The highest BCUT2D eigenvalue weighted by Gasteiger charge is 2.31. The molecule has 0 saturated carbocycles. The second kappa shape index (κ2) is 7.04. The number of anilines is 1. The van der Waals surface area contributed by atoms with E-state index in [9.17, 15) is 4.79 Å². The van der Waals surface area contributed by atoms with E-state index < -0.39 is 0 Å². The van der Waals surface area contributed by atoms with Gasteiger partial charge in [-0.25, -0.2) is 0 Å². The second-order valence-electron chi connectivity index (χ2n) is 5.14. The zero-order valence-electron chi connectivity index (χ0n) is 12.6. The van der Waals surface area contributed by atoms with E-state index in [0.717, 1.165) is 17.5 Å². The molecule has 0 aromatic carbocycles. The van der Waals surface area contributed by atoms with Crippen LogP contribution < -0.4 is 10.2 Å². The number of morpholine rings is 1. The molecule has 0 spiro atoms. The van der Waals surface area contributed by atoms with E-state index in [1.807, 2.05) is 25.7 Å². The van der Waals surface area contributed by atoms with Gasteiger partial charge in [0.25, 0.3) is 0 Å². The van der Waals surface area contributed by atoms with Crippen LogP contribution in [0, 0.1) is 13.8 Å². The monoisotopic (exact) mass is 312 g/mol. The first-order chi connectivity index (χ1) is 10.1. The van der Waals surface area contributed by atoms with Crippen molar-refractivity contribution in [3.8, 4) is 0 Å². The topological polar surface area (TPSA) is 67.3 Å². The lowest BCUT2D eigenvalue weighted by molar-refractivity contribution is -0.124. The first-order valence-electron chi connectivity index (χ1n) is 7.17. The zero-order valence-corrected chi connectivity index (χ0v) is 13.4. The molecule has 1 atom stereocenters. The third-order valence-corrected chi connectivity index (χ3v) is 4.05. The van der Waals surface area contributed by atoms with Gasteiger partial charge in [0.05, 0.1) is 13.2 Å². The van der Waals surface area contributed by atoms with Crippen LogP contribution in [0.4, 0.5) is 5.82 Å². The Hall–Kier alpha value is -1.40. The summed E-state index contributed by atoms with van der Waals surface area (Å²) in [7, 11) is 0. The fourth-order valence-corrected chi connectivity index (χ4v) is 2.46. The maximum atomic E-state index is 12.3. The highest BCUT2D eigenvalue weighted by atomic mass is 35.5. The van der Waals surface area contributed by atoms with Gasteiger partial charge in [-0.1, -0.05) is 18.5 Å². The lowest BCUT2D eigenvalue weighted by Crippen LogP contribution is -2.54. The number of amides is 1. The van der Waals surface area contributed by atoms with Crippen molar-refractivity contribution in [2.45, 2.75) is 33.2 Å². The highest BCUT2D eigenvalue weighted by molar-refractivity contribution is 6.30. The Labute approximate surface area is 129 Å². The van der Waals surface area contributed by atoms with Gasteiger partial charge in [0, 0.05) is 13.1 Å². The van der Waals surface area contributed by atoms with Crippen molar-refractivity contribution in [1.29, 1.82) is 0 Å². The largest absolute Gasteiger partial charge is 0.377 e. The van der Waals surface area contributed by atoms with Gasteiger partial charge in [-0.15, -0.1) is 10.2 Å². The van der Waals surface area contributed by atoms with Crippen LogP contribution in [0.5, 0.6) is 0 Å². The third kappa shape index (κ3) is 3.44. The molecule has 1 N–H and O–H groups in total. The molecule has 1 aliphatic heterocycles. The number of hydrogen-bond donors (Lipinski definition) is 1. The van der Waals surface area contributed by atoms with Crippen LogP contribution in [-0.2, 0) is 9.53 Å². The quantitative estimate of drug-likeness (QED) is 0.912. The van der Waals surface area contributed by atoms with E-state index in [0.29, 0.717) is 37.3 Å². The first-order valence-corrected chi connectivity index (χ1v) is 7.55. The average Bonchev–Trinajstić information content (AvgIpc) is 2.50. The second-order valence-corrected chi connectivity index (χ2v) is 5.50. The van der Waals surface area contributed by atoms with E-state index >= 15 is 0 Å². The molecule has 1 fully saturated rings. The SMILES string of the molecule is CCCNC(=O)C1COCCN1c1nnc(Cl)c(C)c1C. The fraction of sp³-hybridized carbons (Fsp3) is 0.643. The lowest BCUT2D eigenvalue weighted by Gasteiger charge is -2.36. The molecule has 1 aliphatic rings. The minimum atomic E-state index is -0.376. The minimum Gasteiger partial charge on any atom is -0.377 e. The maximum absolute atomic E-state index is 12.3.